The molecule has 9 heavy (non-hydrogen) atoms. The summed E-state index contributed by atoms with van der Waals surface area (Å²) in [6.45, 7) is -6.60. The van der Waals surface area contributed by atoms with Gasteiger partial charge in [0.25, 0.3) is 0 Å². The summed E-state index contributed by atoms with van der Waals surface area (Å²) >= 11 is 0. The van der Waals surface area contributed by atoms with Gasteiger partial charge in [-0.05, 0) is 6.85 Å². The fourth-order valence-corrected chi connectivity index (χ4v) is 0.167. The zero-order valence-corrected chi connectivity index (χ0v) is 4.26. The third-order valence-corrected chi connectivity index (χ3v) is 0.452. The quantitative estimate of drug-likeness (QED) is 0.545. The third kappa shape index (κ3) is 3.52. The Morgan fingerprint density at radius 1 is 1.89 bits per heavy atom. The molecule has 0 saturated heterocycles. The Hall–Kier alpha value is -1.06. The highest BCUT2D eigenvalue weighted by Crippen LogP contribution is 1.78. The van der Waals surface area contributed by atoms with Gasteiger partial charge in [-0.25, -0.2) is 0 Å². The van der Waals surface area contributed by atoms with Crippen molar-refractivity contribution < 1.29 is 24.3 Å². The number of hydrogen-bond acceptors (Lipinski definition) is 2. The molecule has 0 aromatic carbocycles. The fraction of sp³-hybridized carbons (Fsp3) is 0.600. The summed E-state index contributed by atoms with van der Waals surface area (Å²) in [5.41, 5.74) is 0. The standard InChI is InChI=1S/C5H9NO3/c1-3(5(8)9)6-4(2)7/h3H,1-2H3,(H,6,7)(H,8,9)/i1D3,2D3,3D. The summed E-state index contributed by atoms with van der Waals surface area (Å²) in [6, 6.07) is -3.38. The van der Waals surface area contributed by atoms with E-state index >= 15 is 0 Å². The average Bonchev–Trinajstić information content (AvgIpc) is 1.99. The van der Waals surface area contributed by atoms with E-state index in [0.717, 1.165) is 0 Å². The number of rotatable bonds is 2. The summed E-state index contributed by atoms with van der Waals surface area (Å²) in [4.78, 5) is 21.5. The Morgan fingerprint density at radius 2 is 2.56 bits per heavy atom. The van der Waals surface area contributed by atoms with Crippen molar-refractivity contribution in [3.8, 4) is 0 Å². The summed E-state index contributed by atoms with van der Waals surface area (Å²) in [5.74, 6) is -3.97. The number of hydrogen-bond donors (Lipinski definition) is 2. The van der Waals surface area contributed by atoms with E-state index < -0.39 is 31.6 Å². The second-order valence-corrected chi connectivity index (χ2v) is 1.13. The summed E-state index contributed by atoms with van der Waals surface area (Å²) in [5, 5.41) is 9.71. The van der Waals surface area contributed by atoms with Crippen molar-refractivity contribution in [3.05, 3.63) is 0 Å². The SMILES string of the molecule is [2H]C([2H])([2H])C(=O)NC([2H])(C(=O)O)C([2H])([2H])[2H]. The second-order valence-electron chi connectivity index (χ2n) is 1.13. The fourth-order valence-electron chi connectivity index (χ4n) is 0.167. The zero-order chi connectivity index (χ0) is 13.4. The van der Waals surface area contributed by atoms with E-state index in [9.17, 15) is 9.59 Å². The maximum Gasteiger partial charge on any atom is 0.325 e. The Labute approximate surface area is 62.7 Å². The molecule has 1 atom stereocenters. The molecular weight excluding hydrogens is 122 g/mol. The summed E-state index contributed by atoms with van der Waals surface area (Å²) < 4.78 is 47.3. The van der Waals surface area contributed by atoms with Gasteiger partial charge in [0, 0.05) is 15.1 Å². The minimum Gasteiger partial charge on any atom is -0.480 e. The van der Waals surface area contributed by atoms with Gasteiger partial charge >= 0.3 is 5.97 Å². The van der Waals surface area contributed by atoms with E-state index in [2.05, 4.69) is 0 Å². The number of carbonyl (C=O) groups is 2. The predicted octanol–water partition coefficient (Wildman–Crippen LogP) is -0.404. The molecule has 4 nitrogen and oxygen atoms in total. The van der Waals surface area contributed by atoms with Gasteiger partial charge in [0.05, 0.1) is 1.37 Å². The molecule has 0 aliphatic heterocycles. The first kappa shape index (κ1) is 1.97. The van der Waals surface area contributed by atoms with Crippen molar-refractivity contribution >= 4 is 11.9 Å². The van der Waals surface area contributed by atoms with Crippen molar-refractivity contribution in [3.63, 3.8) is 0 Å². The Bertz CT molecular complexity index is 308. The van der Waals surface area contributed by atoms with E-state index in [1.807, 2.05) is 0 Å². The Kier molecular flexibility index (Phi) is 0.670. The molecule has 1 unspecified atom stereocenters. The van der Waals surface area contributed by atoms with Crippen LogP contribution < -0.4 is 5.32 Å². The lowest BCUT2D eigenvalue weighted by Crippen LogP contribution is -2.36. The average molecular weight is 138 g/mol. The number of amides is 1. The third-order valence-electron chi connectivity index (χ3n) is 0.452. The van der Waals surface area contributed by atoms with Crippen LogP contribution in [-0.2, 0) is 9.59 Å². The number of nitrogens with one attached hydrogen (secondary N) is 1. The van der Waals surface area contributed by atoms with Gasteiger partial charge in [0.15, 0.2) is 0 Å². The molecule has 0 rings (SSSR count). The van der Waals surface area contributed by atoms with Gasteiger partial charge in [0.1, 0.15) is 6.02 Å². The molecule has 0 aliphatic carbocycles. The normalized spacial score (nSPS) is 30.0. The van der Waals surface area contributed by atoms with Crippen LogP contribution in [0.2, 0.25) is 0 Å². The number of carboxylic acid groups (broad SMARTS) is 1. The minimum atomic E-state index is -3.39. The van der Waals surface area contributed by atoms with E-state index in [-0.39, 0.29) is 0 Å². The van der Waals surface area contributed by atoms with Crippen LogP contribution in [0.15, 0.2) is 0 Å². The smallest absolute Gasteiger partial charge is 0.325 e. The Balaban J connectivity index is 5.15. The molecule has 0 heterocycles. The van der Waals surface area contributed by atoms with Crippen LogP contribution in [0, 0.1) is 0 Å². The van der Waals surface area contributed by atoms with E-state index in [0.29, 0.717) is 0 Å². The van der Waals surface area contributed by atoms with Crippen LogP contribution in [0.4, 0.5) is 0 Å². The van der Waals surface area contributed by atoms with Crippen LogP contribution >= 0.6 is 0 Å². The first-order valence-corrected chi connectivity index (χ1v) is 1.88. The molecule has 0 spiro atoms. The molecule has 0 aromatic heterocycles. The molecule has 1 amide bonds. The highest BCUT2D eigenvalue weighted by atomic mass is 16.4. The molecule has 2 N–H and O–H groups in total. The monoisotopic (exact) mass is 138 g/mol. The van der Waals surface area contributed by atoms with Crippen LogP contribution in [0.5, 0.6) is 0 Å². The lowest BCUT2D eigenvalue weighted by molar-refractivity contribution is -0.140. The second kappa shape index (κ2) is 3.06. The maximum atomic E-state index is 10.9. The van der Waals surface area contributed by atoms with Gasteiger partial charge in [-0.3, -0.25) is 9.59 Å². The van der Waals surface area contributed by atoms with Crippen molar-refractivity contribution in [2.75, 3.05) is 0 Å². The zero-order valence-electron chi connectivity index (χ0n) is 11.3. The van der Waals surface area contributed by atoms with Gasteiger partial charge < -0.3 is 10.4 Å². The number of carboxylic acids is 1. The number of aliphatic carboxylic acids is 1. The highest BCUT2D eigenvalue weighted by molar-refractivity contribution is 5.81. The number of carbonyl (C=O) groups excluding carboxylic acids is 1. The van der Waals surface area contributed by atoms with E-state index in [4.69, 9.17) is 14.7 Å². The lowest BCUT2D eigenvalue weighted by Gasteiger charge is -2.04. The summed E-state index contributed by atoms with van der Waals surface area (Å²) in [7, 11) is 0. The molecule has 52 valence electrons. The van der Waals surface area contributed by atoms with Gasteiger partial charge in [-0.1, -0.05) is 0 Å². The summed E-state index contributed by atoms with van der Waals surface area (Å²) in [6.07, 6.45) is 0. The first-order chi connectivity index (χ1) is 6.82. The molecule has 4 heteroatoms. The Morgan fingerprint density at radius 3 is 2.89 bits per heavy atom. The molecule has 0 aromatic rings. The van der Waals surface area contributed by atoms with E-state index in [1.54, 1.807) is 0 Å². The maximum absolute atomic E-state index is 10.9. The predicted molar refractivity (Wildman–Crippen MR) is 30.9 cm³/mol. The van der Waals surface area contributed by atoms with Crippen molar-refractivity contribution in [2.45, 2.75) is 19.7 Å². The molecule has 0 radical (unpaired) electrons. The highest BCUT2D eigenvalue weighted by Gasteiger charge is 2.09. The molecule has 0 aliphatic rings. The molecule has 0 saturated carbocycles. The minimum absolute atomic E-state index is 1.18. The van der Waals surface area contributed by atoms with Crippen molar-refractivity contribution in [2.24, 2.45) is 0 Å². The van der Waals surface area contributed by atoms with Crippen molar-refractivity contribution in [1.82, 2.24) is 5.32 Å². The van der Waals surface area contributed by atoms with Crippen LogP contribution in [0.3, 0.4) is 0 Å². The molecular formula is C5H9NO3. The van der Waals surface area contributed by atoms with E-state index in [1.165, 1.54) is 5.32 Å². The lowest BCUT2D eigenvalue weighted by atomic mass is 10.3. The van der Waals surface area contributed by atoms with Crippen LogP contribution in [0.25, 0.3) is 0 Å². The molecule has 0 fully saturated rings. The van der Waals surface area contributed by atoms with Crippen LogP contribution in [-0.4, -0.2) is 23.0 Å². The van der Waals surface area contributed by atoms with Gasteiger partial charge in [-0.15, -0.1) is 0 Å². The van der Waals surface area contributed by atoms with Crippen molar-refractivity contribution in [1.29, 1.82) is 0 Å². The first-order valence-electron chi connectivity index (χ1n) is 5.38. The van der Waals surface area contributed by atoms with Crippen LogP contribution in [0.1, 0.15) is 23.3 Å². The topological polar surface area (TPSA) is 66.4 Å². The van der Waals surface area contributed by atoms with Gasteiger partial charge in [0.2, 0.25) is 5.91 Å². The largest absolute Gasteiger partial charge is 0.480 e. The molecule has 0 bridgehead atoms. The van der Waals surface area contributed by atoms with Gasteiger partial charge in [-0.2, -0.15) is 0 Å².